The van der Waals surface area contributed by atoms with Crippen molar-refractivity contribution in [2.75, 3.05) is 28.2 Å². The molecule has 0 unspecified atom stereocenters. The van der Waals surface area contributed by atoms with Crippen LogP contribution in [0.5, 0.6) is 0 Å². The molecule has 2 nitrogen and oxygen atoms in total. The van der Waals surface area contributed by atoms with Crippen molar-refractivity contribution in [3.8, 4) is 0 Å². The standard InChI is InChI=1S/C11H19N2/c1-12-9-10-5-7-11(8-6-10)13(2,3)4/h5-8,12H,9H2,1-4H3/q+1. The van der Waals surface area contributed by atoms with E-state index in [1.165, 1.54) is 11.3 Å². The summed E-state index contributed by atoms with van der Waals surface area (Å²) in [6, 6.07) is 8.73. The molecule has 13 heavy (non-hydrogen) atoms. The van der Waals surface area contributed by atoms with Crippen LogP contribution in [0.3, 0.4) is 0 Å². The topological polar surface area (TPSA) is 12.0 Å². The second kappa shape index (κ2) is 3.90. The lowest BCUT2D eigenvalue weighted by molar-refractivity contribution is 0.486. The molecule has 0 aromatic heterocycles. The van der Waals surface area contributed by atoms with Gasteiger partial charge in [0.25, 0.3) is 0 Å². The molecule has 0 amide bonds. The average Bonchev–Trinajstić information content (AvgIpc) is 2.04. The van der Waals surface area contributed by atoms with Crippen molar-refractivity contribution in [3.63, 3.8) is 0 Å². The number of quaternary nitrogens is 1. The summed E-state index contributed by atoms with van der Waals surface area (Å²) in [5, 5.41) is 3.14. The van der Waals surface area contributed by atoms with Gasteiger partial charge >= 0.3 is 0 Å². The van der Waals surface area contributed by atoms with Crippen molar-refractivity contribution in [3.05, 3.63) is 29.8 Å². The van der Waals surface area contributed by atoms with Crippen LogP contribution in [0.1, 0.15) is 5.56 Å². The lowest BCUT2D eigenvalue weighted by atomic mass is 10.2. The summed E-state index contributed by atoms with van der Waals surface area (Å²) in [7, 11) is 8.49. The summed E-state index contributed by atoms with van der Waals surface area (Å²) in [6.07, 6.45) is 0. The fourth-order valence-corrected chi connectivity index (χ4v) is 1.27. The number of hydrogen-bond acceptors (Lipinski definition) is 1. The maximum atomic E-state index is 3.14. The smallest absolute Gasteiger partial charge is 0.132 e. The van der Waals surface area contributed by atoms with Gasteiger partial charge in [-0.05, 0) is 24.7 Å². The maximum Gasteiger partial charge on any atom is 0.132 e. The lowest BCUT2D eigenvalue weighted by Gasteiger charge is -2.23. The normalized spacial score (nSPS) is 11.7. The van der Waals surface area contributed by atoms with Gasteiger partial charge in [0, 0.05) is 6.54 Å². The van der Waals surface area contributed by atoms with Crippen molar-refractivity contribution < 1.29 is 0 Å². The molecule has 0 atom stereocenters. The van der Waals surface area contributed by atoms with Crippen molar-refractivity contribution >= 4 is 5.69 Å². The Morgan fingerprint density at radius 2 is 1.62 bits per heavy atom. The molecule has 0 saturated heterocycles. The molecule has 1 aromatic carbocycles. The van der Waals surface area contributed by atoms with Gasteiger partial charge in [-0.3, -0.25) is 4.48 Å². The Labute approximate surface area is 80.8 Å². The lowest BCUT2D eigenvalue weighted by Crippen LogP contribution is -2.34. The highest BCUT2D eigenvalue weighted by molar-refractivity contribution is 5.42. The van der Waals surface area contributed by atoms with Crippen LogP contribution in [0.4, 0.5) is 5.69 Å². The molecule has 0 bridgehead atoms. The third-order valence-electron chi connectivity index (χ3n) is 2.09. The molecule has 0 aliphatic heterocycles. The van der Waals surface area contributed by atoms with Crippen LogP contribution in [-0.2, 0) is 6.54 Å². The fraction of sp³-hybridized carbons (Fsp3) is 0.455. The van der Waals surface area contributed by atoms with Crippen LogP contribution in [-0.4, -0.2) is 28.2 Å². The molecule has 72 valence electrons. The molecule has 0 heterocycles. The molecule has 0 aliphatic carbocycles. The van der Waals surface area contributed by atoms with E-state index in [-0.39, 0.29) is 0 Å². The van der Waals surface area contributed by atoms with Gasteiger partial charge in [-0.2, -0.15) is 0 Å². The van der Waals surface area contributed by atoms with Crippen molar-refractivity contribution in [1.82, 2.24) is 9.80 Å². The largest absolute Gasteiger partial charge is 0.316 e. The SMILES string of the molecule is CNCc1ccc([N+](C)(C)C)cc1. The first-order valence-corrected chi connectivity index (χ1v) is 4.59. The molecule has 1 N–H and O–H groups in total. The zero-order valence-corrected chi connectivity index (χ0v) is 8.96. The molecular weight excluding hydrogens is 160 g/mol. The van der Waals surface area contributed by atoms with Crippen LogP contribution in [0.2, 0.25) is 0 Å². The van der Waals surface area contributed by atoms with E-state index in [1.807, 2.05) is 7.05 Å². The second-order valence-electron chi connectivity index (χ2n) is 4.21. The molecule has 0 aliphatic rings. The Bertz CT molecular complexity index is 256. The van der Waals surface area contributed by atoms with E-state index in [0.29, 0.717) is 0 Å². The number of nitrogens with zero attached hydrogens (tertiary/aromatic N) is 1. The summed E-state index contributed by atoms with van der Waals surface area (Å²) in [4.78, 5) is 0. The van der Waals surface area contributed by atoms with Crippen LogP contribution < -0.4 is 9.80 Å². The number of hydrogen-bond donors (Lipinski definition) is 1. The zero-order valence-electron chi connectivity index (χ0n) is 8.96. The molecule has 1 rings (SSSR count). The quantitative estimate of drug-likeness (QED) is 0.695. The minimum Gasteiger partial charge on any atom is -0.316 e. The van der Waals surface area contributed by atoms with E-state index in [1.54, 1.807) is 0 Å². The predicted molar refractivity (Wildman–Crippen MR) is 58.8 cm³/mol. The highest BCUT2D eigenvalue weighted by Crippen LogP contribution is 2.16. The first-order valence-electron chi connectivity index (χ1n) is 4.59. The minimum absolute atomic E-state index is 0.875. The molecule has 2 heteroatoms. The Hall–Kier alpha value is -0.860. The highest BCUT2D eigenvalue weighted by Gasteiger charge is 2.10. The number of rotatable bonds is 3. The van der Waals surface area contributed by atoms with Gasteiger partial charge in [0.1, 0.15) is 5.69 Å². The van der Waals surface area contributed by atoms with E-state index in [0.717, 1.165) is 11.0 Å². The predicted octanol–water partition coefficient (Wildman–Crippen LogP) is 1.60. The summed E-state index contributed by atoms with van der Waals surface area (Å²) in [5.74, 6) is 0. The van der Waals surface area contributed by atoms with Crippen molar-refractivity contribution in [1.29, 1.82) is 0 Å². The zero-order chi connectivity index (χ0) is 9.90. The first kappa shape index (κ1) is 10.2. The van der Waals surface area contributed by atoms with Gasteiger partial charge < -0.3 is 5.32 Å². The third-order valence-corrected chi connectivity index (χ3v) is 2.09. The van der Waals surface area contributed by atoms with Crippen molar-refractivity contribution in [2.45, 2.75) is 6.54 Å². The summed E-state index contributed by atoms with van der Waals surface area (Å²) in [5.41, 5.74) is 2.67. The minimum atomic E-state index is 0.875. The molecule has 0 fully saturated rings. The van der Waals surface area contributed by atoms with E-state index in [2.05, 4.69) is 50.7 Å². The first-order chi connectivity index (χ1) is 6.04. The summed E-state index contributed by atoms with van der Waals surface area (Å²) < 4.78 is 0.875. The Morgan fingerprint density at radius 1 is 1.08 bits per heavy atom. The van der Waals surface area contributed by atoms with Gasteiger partial charge in [0.2, 0.25) is 0 Å². The van der Waals surface area contributed by atoms with E-state index >= 15 is 0 Å². The number of nitrogens with one attached hydrogen (secondary N) is 1. The van der Waals surface area contributed by atoms with Gasteiger partial charge in [0.05, 0.1) is 21.1 Å². The molecule has 0 saturated carbocycles. The summed E-state index contributed by atoms with van der Waals surface area (Å²) in [6.45, 7) is 0.942. The Kier molecular flexibility index (Phi) is 3.07. The van der Waals surface area contributed by atoms with Gasteiger partial charge in [-0.25, -0.2) is 0 Å². The van der Waals surface area contributed by atoms with Gasteiger partial charge in [0.15, 0.2) is 0 Å². The Balaban J connectivity index is 2.81. The average molecular weight is 179 g/mol. The fourth-order valence-electron chi connectivity index (χ4n) is 1.27. The van der Waals surface area contributed by atoms with Gasteiger partial charge in [-0.1, -0.05) is 12.1 Å². The maximum absolute atomic E-state index is 3.14. The summed E-state index contributed by atoms with van der Waals surface area (Å²) >= 11 is 0. The molecule has 1 aromatic rings. The molecular formula is C11H19N2+. The van der Waals surface area contributed by atoms with Gasteiger partial charge in [-0.15, -0.1) is 0 Å². The van der Waals surface area contributed by atoms with Crippen molar-refractivity contribution in [2.24, 2.45) is 0 Å². The molecule has 0 radical (unpaired) electrons. The van der Waals surface area contributed by atoms with E-state index in [4.69, 9.17) is 0 Å². The van der Waals surface area contributed by atoms with Crippen LogP contribution >= 0.6 is 0 Å². The Morgan fingerprint density at radius 3 is 2.00 bits per heavy atom. The number of benzene rings is 1. The van der Waals surface area contributed by atoms with Crippen LogP contribution in [0.15, 0.2) is 24.3 Å². The second-order valence-corrected chi connectivity index (χ2v) is 4.21. The van der Waals surface area contributed by atoms with E-state index in [9.17, 15) is 0 Å². The molecule has 0 spiro atoms. The van der Waals surface area contributed by atoms with Crippen LogP contribution in [0.25, 0.3) is 0 Å². The third kappa shape index (κ3) is 2.83. The monoisotopic (exact) mass is 179 g/mol. The van der Waals surface area contributed by atoms with E-state index < -0.39 is 0 Å². The highest BCUT2D eigenvalue weighted by atomic mass is 15.3. The van der Waals surface area contributed by atoms with Crippen LogP contribution in [0, 0.1) is 0 Å².